The lowest BCUT2D eigenvalue weighted by molar-refractivity contribution is -0.121. The molecule has 0 saturated carbocycles. The highest BCUT2D eigenvalue weighted by Crippen LogP contribution is 2.32. The summed E-state index contributed by atoms with van der Waals surface area (Å²) in [5.74, 6) is 1.41. The highest BCUT2D eigenvalue weighted by atomic mass is 35.5. The number of carbonyl (C=O) groups is 1. The summed E-state index contributed by atoms with van der Waals surface area (Å²) < 4.78 is 11.1. The van der Waals surface area contributed by atoms with E-state index in [1.165, 1.54) is 0 Å². The van der Waals surface area contributed by atoms with Crippen molar-refractivity contribution in [2.45, 2.75) is 6.92 Å². The number of fused-ring (bicyclic) bond motifs is 1. The molecule has 2 aromatic rings. The number of benzene rings is 2. The molecular weight excluding hydrogens is 302 g/mol. The van der Waals surface area contributed by atoms with Crippen molar-refractivity contribution in [3.63, 3.8) is 0 Å². The van der Waals surface area contributed by atoms with E-state index in [9.17, 15) is 4.79 Å². The van der Waals surface area contributed by atoms with Crippen LogP contribution in [0.25, 0.3) is 0 Å². The largest absolute Gasteiger partial charge is 0.492 e. The Morgan fingerprint density at radius 3 is 2.77 bits per heavy atom. The number of aryl methyl sites for hydroxylation is 1. The van der Waals surface area contributed by atoms with Crippen LogP contribution in [-0.4, -0.2) is 25.7 Å². The third kappa shape index (κ3) is 3.17. The van der Waals surface area contributed by atoms with E-state index in [4.69, 9.17) is 21.1 Å². The maximum Gasteiger partial charge on any atom is 0.265 e. The smallest absolute Gasteiger partial charge is 0.265 e. The van der Waals surface area contributed by atoms with E-state index in [-0.39, 0.29) is 12.5 Å². The number of amides is 1. The number of rotatable bonds is 4. The van der Waals surface area contributed by atoms with E-state index >= 15 is 0 Å². The predicted octanol–water partition coefficient (Wildman–Crippen LogP) is 3.45. The summed E-state index contributed by atoms with van der Waals surface area (Å²) in [7, 11) is 0. The molecule has 0 spiro atoms. The Morgan fingerprint density at radius 2 is 2.00 bits per heavy atom. The maximum atomic E-state index is 12.1. The number of anilines is 1. The fraction of sp³-hybridized carbons (Fsp3) is 0.235. The number of ether oxygens (including phenoxy) is 2. The fourth-order valence-electron chi connectivity index (χ4n) is 2.34. The number of hydrogen-bond donors (Lipinski definition) is 0. The standard InChI is InChI=1S/C17H16ClNO3/c1-12-2-7-16-15(10-12)19(17(20)11-22-16)8-9-21-14-5-3-13(18)4-6-14/h2-7,10H,8-9,11H2,1H3. The first-order valence-corrected chi connectivity index (χ1v) is 7.43. The third-order valence-corrected chi connectivity index (χ3v) is 3.71. The molecule has 3 rings (SSSR count). The van der Waals surface area contributed by atoms with Gasteiger partial charge in [-0.15, -0.1) is 0 Å². The first-order valence-electron chi connectivity index (χ1n) is 7.06. The van der Waals surface area contributed by atoms with Crippen molar-refractivity contribution in [3.8, 4) is 11.5 Å². The molecular formula is C17H16ClNO3. The third-order valence-electron chi connectivity index (χ3n) is 3.45. The minimum atomic E-state index is -0.0576. The number of halogens is 1. The van der Waals surface area contributed by atoms with Crippen molar-refractivity contribution in [1.82, 2.24) is 0 Å². The van der Waals surface area contributed by atoms with Gasteiger partial charge in [-0.25, -0.2) is 0 Å². The molecule has 5 heteroatoms. The molecule has 0 radical (unpaired) electrons. The first kappa shape index (κ1) is 14.7. The summed E-state index contributed by atoms with van der Waals surface area (Å²) in [6.45, 7) is 2.93. The average molecular weight is 318 g/mol. The van der Waals surface area contributed by atoms with Crippen LogP contribution in [-0.2, 0) is 4.79 Å². The highest BCUT2D eigenvalue weighted by molar-refractivity contribution is 6.30. The van der Waals surface area contributed by atoms with E-state index in [1.807, 2.05) is 37.3 Å². The normalized spacial score (nSPS) is 13.5. The Bertz CT molecular complexity index is 685. The lowest BCUT2D eigenvalue weighted by Gasteiger charge is -2.29. The molecule has 1 amide bonds. The molecule has 0 bridgehead atoms. The van der Waals surface area contributed by atoms with Gasteiger partial charge in [0, 0.05) is 5.02 Å². The van der Waals surface area contributed by atoms with Gasteiger partial charge in [-0.2, -0.15) is 0 Å². The van der Waals surface area contributed by atoms with Crippen LogP contribution in [0, 0.1) is 6.92 Å². The fourth-order valence-corrected chi connectivity index (χ4v) is 2.47. The van der Waals surface area contributed by atoms with Gasteiger partial charge in [0.2, 0.25) is 0 Å². The predicted molar refractivity (Wildman–Crippen MR) is 86.0 cm³/mol. The summed E-state index contributed by atoms with van der Waals surface area (Å²) in [6, 6.07) is 13.0. The molecule has 0 aromatic heterocycles. The van der Waals surface area contributed by atoms with E-state index in [0.717, 1.165) is 22.7 Å². The minimum Gasteiger partial charge on any atom is -0.492 e. The van der Waals surface area contributed by atoms with Crippen LogP contribution in [0.15, 0.2) is 42.5 Å². The molecule has 0 saturated heterocycles. The summed E-state index contributed by atoms with van der Waals surface area (Å²) in [5, 5.41) is 0.667. The molecule has 2 aromatic carbocycles. The molecule has 0 atom stereocenters. The average Bonchev–Trinajstić information content (AvgIpc) is 2.51. The molecule has 4 nitrogen and oxygen atoms in total. The van der Waals surface area contributed by atoms with Gasteiger partial charge in [0.05, 0.1) is 12.2 Å². The second-order valence-corrected chi connectivity index (χ2v) is 5.54. The molecule has 1 aliphatic heterocycles. The van der Waals surface area contributed by atoms with E-state index in [2.05, 4.69) is 0 Å². The van der Waals surface area contributed by atoms with Crippen molar-refractivity contribution in [3.05, 3.63) is 53.1 Å². The topological polar surface area (TPSA) is 38.8 Å². The van der Waals surface area contributed by atoms with Crippen molar-refractivity contribution in [1.29, 1.82) is 0 Å². The molecule has 1 heterocycles. The summed E-state index contributed by atoms with van der Waals surface area (Å²) in [5.41, 5.74) is 1.89. The first-order chi connectivity index (χ1) is 10.6. The van der Waals surface area contributed by atoms with Crippen LogP contribution in [0.1, 0.15) is 5.56 Å². The minimum absolute atomic E-state index is 0.0576. The van der Waals surface area contributed by atoms with E-state index in [1.54, 1.807) is 17.0 Å². The SMILES string of the molecule is Cc1ccc2c(c1)N(CCOc1ccc(Cl)cc1)C(=O)CO2. The number of nitrogens with zero attached hydrogens (tertiary/aromatic N) is 1. The quantitative estimate of drug-likeness (QED) is 0.867. The summed E-state index contributed by atoms with van der Waals surface area (Å²) in [6.07, 6.45) is 0. The van der Waals surface area contributed by atoms with Gasteiger partial charge in [-0.3, -0.25) is 4.79 Å². The van der Waals surface area contributed by atoms with Gasteiger partial charge >= 0.3 is 0 Å². The molecule has 0 N–H and O–H groups in total. The van der Waals surface area contributed by atoms with E-state index in [0.29, 0.717) is 18.2 Å². The molecule has 22 heavy (non-hydrogen) atoms. The van der Waals surface area contributed by atoms with E-state index < -0.39 is 0 Å². The van der Waals surface area contributed by atoms with Gasteiger partial charge in [-0.05, 0) is 48.9 Å². The van der Waals surface area contributed by atoms with Gasteiger partial charge in [-0.1, -0.05) is 17.7 Å². The van der Waals surface area contributed by atoms with Crippen LogP contribution in [0.3, 0.4) is 0 Å². The van der Waals surface area contributed by atoms with Crippen molar-refractivity contribution in [2.24, 2.45) is 0 Å². The molecule has 0 unspecified atom stereocenters. The zero-order chi connectivity index (χ0) is 15.5. The Morgan fingerprint density at radius 1 is 1.23 bits per heavy atom. The Hall–Kier alpha value is -2.20. The highest BCUT2D eigenvalue weighted by Gasteiger charge is 2.25. The van der Waals surface area contributed by atoms with Crippen molar-refractivity contribution in [2.75, 3.05) is 24.7 Å². The zero-order valence-corrected chi connectivity index (χ0v) is 13.0. The second kappa shape index (κ2) is 6.28. The van der Waals surface area contributed by atoms with Crippen LogP contribution >= 0.6 is 11.6 Å². The van der Waals surface area contributed by atoms with Crippen LogP contribution < -0.4 is 14.4 Å². The summed E-state index contributed by atoms with van der Waals surface area (Å²) >= 11 is 5.84. The summed E-state index contributed by atoms with van der Waals surface area (Å²) in [4.78, 5) is 13.8. The number of hydrogen-bond acceptors (Lipinski definition) is 3. The molecule has 1 aliphatic rings. The van der Waals surface area contributed by atoms with Gasteiger partial charge in [0.1, 0.15) is 18.1 Å². The number of carbonyl (C=O) groups excluding carboxylic acids is 1. The van der Waals surface area contributed by atoms with Crippen LogP contribution in [0.2, 0.25) is 5.02 Å². The molecule has 0 fully saturated rings. The van der Waals surface area contributed by atoms with Crippen LogP contribution in [0.4, 0.5) is 5.69 Å². The van der Waals surface area contributed by atoms with Crippen LogP contribution in [0.5, 0.6) is 11.5 Å². The Kier molecular flexibility index (Phi) is 4.20. The second-order valence-electron chi connectivity index (χ2n) is 5.11. The monoisotopic (exact) mass is 317 g/mol. The Balaban J connectivity index is 1.68. The lowest BCUT2D eigenvalue weighted by atomic mass is 10.1. The maximum absolute atomic E-state index is 12.1. The molecule has 0 aliphatic carbocycles. The van der Waals surface area contributed by atoms with Gasteiger partial charge < -0.3 is 14.4 Å². The lowest BCUT2D eigenvalue weighted by Crippen LogP contribution is -2.41. The van der Waals surface area contributed by atoms with Crippen molar-refractivity contribution >= 4 is 23.2 Å². The molecule has 114 valence electrons. The van der Waals surface area contributed by atoms with Gasteiger partial charge in [0.25, 0.3) is 5.91 Å². The Labute approximate surface area is 134 Å². The van der Waals surface area contributed by atoms with Crippen molar-refractivity contribution < 1.29 is 14.3 Å². The van der Waals surface area contributed by atoms with Gasteiger partial charge in [0.15, 0.2) is 6.61 Å². The zero-order valence-electron chi connectivity index (χ0n) is 12.2.